The summed E-state index contributed by atoms with van der Waals surface area (Å²) < 4.78 is 5.64. The largest absolute Gasteiger partial charge is 0.507 e. The number of rotatable bonds is 8. The number of Topliss-reactive ketones (excluding diaryl/α,β-unsaturated/α-hetero) is 1. The number of halogens is 2. The van der Waals surface area contributed by atoms with Gasteiger partial charge in [-0.25, -0.2) is 0 Å². The fourth-order valence-corrected chi connectivity index (χ4v) is 3.85. The van der Waals surface area contributed by atoms with Crippen molar-refractivity contribution < 1.29 is 19.4 Å². The van der Waals surface area contributed by atoms with E-state index in [1.165, 1.54) is 11.0 Å². The van der Waals surface area contributed by atoms with Gasteiger partial charge in [-0.3, -0.25) is 9.59 Å². The minimum Gasteiger partial charge on any atom is -0.507 e. The first-order valence-electron chi connectivity index (χ1n) is 10.4. The Kier molecular flexibility index (Phi) is 7.63. The molecule has 3 rings (SSSR count). The maximum atomic E-state index is 12.9. The van der Waals surface area contributed by atoms with Crippen LogP contribution >= 0.6 is 23.2 Å². The van der Waals surface area contributed by atoms with E-state index in [1.807, 2.05) is 38.1 Å². The summed E-state index contributed by atoms with van der Waals surface area (Å²) >= 11 is 12.1. The van der Waals surface area contributed by atoms with Crippen molar-refractivity contribution in [3.8, 4) is 5.75 Å². The number of nitrogens with zero attached hydrogens (tertiary/aromatic N) is 1. The van der Waals surface area contributed by atoms with Gasteiger partial charge in [-0.2, -0.15) is 0 Å². The molecular weight excluding hydrogens is 437 g/mol. The van der Waals surface area contributed by atoms with Crippen LogP contribution in [0.5, 0.6) is 5.75 Å². The molecule has 1 heterocycles. The van der Waals surface area contributed by atoms with Gasteiger partial charge >= 0.3 is 0 Å². The van der Waals surface area contributed by atoms with Gasteiger partial charge in [-0.05, 0) is 48.7 Å². The van der Waals surface area contributed by atoms with Gasteiger partial charge in [0.25, 0.3) is 11.7 Å². The van der Waals surface area contributed by atoms with Gasteiger partial charge < -0.3 is 14.7 Å². The topological polar surface area (TPSA) is 66.8 Å². The first kappa shape index (κ1) is 23.2. The van der Waals surface area contributed by atoms with E-state index >= 15 is 0 Å². The van der Waals surface area contributed by atoms with E-state index in [-0.39, 0.29) is 16.4 Å². The zero-order valence-electron chi connectivity index (χ0n) is 17.5. The summed E-state index contributed by atoms with van der Waals surface area (Å²) in [6, 6.07) is 11.2. The van der Waals surface area contributed by atoms with Gasteiger partial charge in [-0.15, -0.1) is 0 Å². The second-order valence-electron chi connectivity index (χ2n) is 7.39. The Morgan fingerprint density at radius 3 is 2.35 bits per heavy atom. The number of unbranched alkanes of at least 4 members (excludes halogenated alkanes) is 1. The quantitative estimate of drug-likeness (QED) is 0.297. The molecule has 1 amide bonds. The summed E-state index contributed by atoms with van der Waals surface area (Å²) in [4.78, 5) is 27.3. The standard InChI is InChI=1S/C24H25Cl2NO4/c1-3-5-12-27-21(15-6-9-17(10-7-15)31-13-4-2)20(23(29)24(27)30)22(28)16-8-11-18(25)19(26)14-16/h6-11,14,21,28H,3-5,12-13H2,1-2H3/b22-20-. The second kappa shape index (κ2) is 10.2. The van der Waals surface area contributed by atoms with Crippen LogP contribution in [-0.4, -0.2) is 34.8 Å². The molecule has 31 heavy (non-hydrogen) atoms. The third-order valence-electron chi connectivity index (χ3n) is 5.15. The van der Waals surface area contributed by atoms with Gasteiger partial charge in [0.05, 0.1) is 28.3 Å². The van der Waals surface area contributed by atoms with Crippen LogP contribution in [0.3, 0.4) is 0 Å². The molecule has 164 valence electrons. The molecule has 0 saturated carbocycles. The molecule has 0 bridgehead atoms. The summed E-state index contributed by atoms with van der Waals surface area (Å²) in [7, 11) is 0. The number of hydrogen-bond donors (Lipinski definition) is 1. The number of carbonyl (C=O) groups is 2. The zero-order valence-corrected chi connectivity index (χ0v) is 19.0. The van der Waals surface area contributed by atoms with E-state index in [2.05, 4.69) is 0 Å². The predicted molar refractivity (Wildman–Crippen MR) is 123 cm³/mol. The third-order valence-corrected chi connectivity index (χ3v) is 5.89. The van der Waals surface area contributed by atoms with Crippen LogP contribution in [0.4, 0.5) is 0 Å². The van der Waals surface area contributed by atoms with E-state index in [9.17, 15) is 14.7 Å². The van der Waals surface area contributed by atoms with Gasteiger partial charge in [0.1, 0.15) is 11.5 Å². The summed E-state index contributed by atoms with van der Waals surface area (Å²) in [5, 5.41) is 11.6. The number of likely N-dealkylation sites (tertiary alicyclic amines) is 1. The number of ketones is 1. The molecule has 1 atom stereocenters. The minimum atomic E-state index is -0.712. The van der Waals surface area contributed by atoms with Crippen LogP contribution in [0.25, 0.3) is 5.76 Å². The molecule has 7 heteroatoms. The van der Waals surface area contributed by atoms with Crippen molar-refractivity contribution >= 4 is 40.7 Å². The molecule has 1 unspecified atom stereocenters. The van der Waals surface area contributed by atoms with Crippen LogP contribution in [0, 0.1) is 0 Å². The summed E-state index contributed by atoms with van der Waals surface area (Å²) in [6.07, 6.45) is 2.50. The zero-order chi connectivity index (χ0) is 22.5. The Morgan fingerprint density at radius 2 is 1.74 bits per heavy atom. The van der Waals surface area contributed by atoms with E-state index in [1.54, 1.807) is 12.1 Å². The Bertz CT molecular complexity index is 1000. The van der Waals surface area contributed by atoms with Gasteiger partial charge in [0, 0.05) is 12.1 Å². The van der Waals surface area contributed by atoms with Crippen molar-refractivity contribution in [3.05, 3.63) is 69.2 Å². The van der Waals surface area contributed by atoms with E-state index in [0.29, 0.717) is 29.5 Å². The lowest BCUT2D eigenvalue weighted by atomic mass is 9.95. The van der Waals surface area contributed by atoms with Gasteiger partial charge in [0.2, 0.25) is 0 Å². The fourth-order valence-electron chi connectivity index (χ4n) is 3.55. The Balaban J connectivity index is 2.09. The highest BCUT2D eigenvalue weighted by Gasteiger charge is 2.45. The molecule has 5 nitrogen and oxygen atoms in total. The molecule has 0 aromatic heterocycles. The molecule has 1 saturated heterocycles. The molecule has 2 aromatic carbocycles. The van der Waals surface area contributed by atoms with Crippen molar-refractivity contribution in [1.82, 2.24) is 4.90 Å². The van der Waals surface area contributed by atoms with Gasteiger partial charge in [0.15, 0.2) is 0 Å². The molecule has 1 N–H and O–H groups in total. The average molecular weight is 462 g/mol. The van der Waals surface area contributed by atoms with Crippen LogP contribution in [0.2, 0.25) is 10.0 Å². The third kappa shape index (κ3) is 4.89. The monoisotopic (exact) mass is 461 g/mol. The lowest BCUT2D eigenvalue weighted by Crippen LogP contribution is -2.30. The van der Waals surface area contributed by atoms with Crippen molar-refractivity contribution in [1.29, 1.82) is 0 Å². The van der Waals surface area contributed by atoms with E-state index < -0.39 is 17.7 Å². The van der Waals surface area contributed by atoms with Crippen molar-refractivity contribution in [2.24, 2.45) is 0 Å². The predicted octanol–water partition coefficient (Wildman–Crippen LogP) is 6.00. The molecule has 1 aliphatic heterocycles. The summed E-state index contributed by atoms with van der Waals surface area (Å²) in [6.45, 7) is 5.06. The van der Waals surface area contributed by atoms with E-state index in [0.717, 1.165) is 24.8 Å². The highest BCUT2D eigenvalue weighted by molar-refractivity contribution is 6.46. The normalized spacial score (nSPS) is 17.9. The number of benzene rings is 2. The number of aliphatic hydroxyl groups is 1. The summed E-state index contributed by atoms with van der Waals surface area (Å²) in [5.74, 6) is -0.893. The minimum absolute atomic E-state index is 0.0433. The van der Waals surface area contributed by atoms with Crippen LogP contribution in [0.15, 0.2) is 48.0 Å². The van der Waals surface area contributed by atoms with Crippen molar-refractivity contribution in [2.75, 3.05) is 13.2 Å². The molecule has 1 fully saturated rings. The molecule has 1 aliphatic rings. The van der Waals surface area contributed by atoms with Crippen molar-refractivity contribution in [3.63, 3.8) is 0 Å². The smallest absolute Gasteiger partial charge is 0.295 e. The number of aliphatic hydroxyl groups excluding tert-OH is 1. The Hall–Kier alpha value is -2.50. The van der Waals surface area contributed by atoms with Crippen LogP contribution < -0.4 is 4.74 Å². The van der Waals surface area contributed by atoms with Gasteiger partial charge in [-0.1, -0.05) is 55.6 Å². The molecular formula is C24H25Cl2NO4. The first-order chi connectivity index (χ1) is 14.9. The molecule has 2 aromatic rings. The number of ether oxygens (including phenoxy) is 1. The maximum absolute atomic E-state index is 12.9. The highest BCUT2D eigenvalue weighted by Crippen LogP contribution is 2.40. The maximum Gasteiger partial charge on any atom is 0.295 e. The van der Waals surface area contributed by atoms with Crippen LogP contribution in [0.1, 0.15) is 50.3 Å². The number of carbonyl (C=O) groups excluding carboxylic acids is 2. The summed E-state index contributed by atoms with van der Waals surface area (Å²) in [5.41, 5.74) is 1.10. The fraction of sp³-hybridized carbons (Fsp3) is 0.333. The first-order valence-corrected chi connectivity index (χ1v) is 11.1. The SMILES string of the molecule is CCCCN1C(=O)C(=O)/C(=C(\O)c2ccc(Cl)c(Cl)c2)C1c1ccc(OCCC)cc1. The van der Waals surface area contributed by atoms with Crippen molar-refractivity contribution in [2.45, 2.75) is 39.2 Å². The Morgan fingerprint density at radius 1 is 1.03 bits per heavy atom. The lowest BCUT2D eigenvalue weighted by Gasteiger charge is -2.25. The average Bonchev–Trinajstić information content (AvgIpc) is 3.02. The highest BCUT2D eigenvalue weighted by atomic mass is 35.5. The lowest BCUT2D eigenvalue weighted by molar-refractivity contribution is -0.139. The van der Waals surface area contributed by atoms with Crippen LogP contribution in [-0.2, 0) is 9.59 Å². The van der Waals surface area contributed by atoms with E-state index in [4.69, 9.17) is 27.9 Å². The second-order valence-corrected chi connectivity index (χ2v) is 8.21. The Labute approximate surface area is 192 Å². The molecule has 0 spiro atoms. The number of amides is 1. The molecule has 0 aliphatic carbocycles. The number of hydrogen-bond acceptors (Lipinski definition) is 4. The molecule has 0 radical (unpaired) electrons.